The van der Waals surface area contributed by atoms with E-state index in [1.165, 1.54) is 5.56 Å². The van der Waals surface area contributed by atoms with Gasteiger partial charge in [0, 0.05) is 16.7 Å². The zero-order valence-corrected chi connectivity index (χ0v) is 13.8. The van der Waals surface area contributed by atoms with Gasteiger partial charge in [-0.2, -0.15) is 5.26 Å². The second-order valence-electron chi connectivity index (χ2n) is 6.03. The number of fused-ring (bicyclic) bond motifs is 3. The van der Waals surface area contributed by atoms with Crippen LogP contribution < -0.4 is 10.3 Å². The largest absolute Gasteiger partial charge is 0.496 e. The van der Waals surface area contributed by atoms with Crippen LogP contribution in [0, 0.1) is 11.3 Å². The van der Waals surface area contributed by atoms with E-state index in [1.54, 1.807) is 7.11 Å². The summed E-state index contributed by atoms with van der Waals surface area (Å²) >= 11 is 0. The molecule has 1 aromatic heterocycles. The Kier molecular flexibility index (Phi) is 3.62. The van der Waals surface area contributed by atoms with Gasteiger partial charge in [0.25, 0.3) is 5.56 Å². The van der Waals surface area contributed by atoms with Crippen LogP contribution in [0.3, 0.4) is 0 Å². The fourth-order valence-electron chi connectivity index (χ4n) is 3.62. The van der Waals surface area contributed by atoms with Crippen molar-refractivity contribution in [3.8, 4) is 34.2 Å². The molecule has 0 amide bonds. The smallest absolute Gasteiger partial charge is 0.266 e. The first-order valence-electron chi connectivity index (χ1n) is 8.15. The lowest BCUT2D eigenvalue weighted by Gasteiger charge is -2.23. The minimum absolute atomic E-state index is 0.141. The highest BCUT2D eigenvalue weighted by Crippen LogP contribution is 2.40. The molecule has 122 valence electrons. The van der Waals surface area contributed by atoms with E-state index in [0.717, 1.165) is 35.2 Å². The average Bonchev–Trinajstić information content (AvgIpc) is 2.66. The van der Waals surface area contributed by atoms with Gasteiger partial charge in [0.2, 0.25) is 0 Å². The predicted molar refractivity (Wildman–Crippen MR) is 96.6 cm³/mol. The monoisotopic (exact) mass is 328 g/mol. The maximum atomic E-state index is 12.6. The number of nitriles is 1. The van der Waals surface area contributed by atoms with Gasteiger partial charge in [-0.05, 0) is 30.0 Å². The van der Waals surface area contributed by atoms with Gasteiger partial charge in [0.1, 0.15) is 17.4 Å². The molecule has 1 aliphatic rings. The Morgan fingerprint density at radius 3 is 2.52 bits per heavy atom. The SMILES string of the molecule is COc1ccccc1-c1c2c([nH]c(=O)c1C#N)-c1ccccc1CC2. The summed E-state index contributed by atoms with van der Waals surface area (Å²) in [5.41, 5.74) is 5.30. The molecule has 0 fully saturated rings. The number of ether oxygens (including phenoxy) is 1. The van der Waals surface area contributed by atoms with Crippen molar-refractivity contribution in [2.75, 3.05) is 7.11 Å². The normalized spacial score (nSPS) is 12.0. The first-order chi connectivity index (χ1) is 12.2. The molecule has 0 radical (unpaired) electrons. The molecule has 2 aromatic carbocycles. The minimum atomic E-state index is -0.362. The number of rotatable bonds is 2. The summed E-state index contributed by atoms with van der Waals surface area (Å²) in [6, 6.07) is 17.7. The molecule has 1 aliphatic carbocycles. The lowest BCUT2D eigenvalue weighted by atomic mass is 9.83. The number of aromatic nitrogens is 1. The molecule has 0 unspecified atom stereocenters. The highest BCUT2D eigenvalue weighted by Gasteiger charge is 2.25. The second-order valence-corrected chi connectivity index (χ2v) is 6.03. The van der Waals surface area contributed by atoms with Crippen LogP contribution in [0.2, 0.25) is 0 Å². The van der Waals surface area contributed by atoms with E-state index in [2.05, 4.69) is 17.1 Å². The van der Waals surface area contributed by atoms with E-state index in [9.17, 15) is 10.1 Å². The quantitative estimate of drug-likeness (QED) is 0.780. The van der Waals surface area contributed by atoms with E-state index >= 15 is 0 Å². The summed E-state index contributed by atoms with van der Waals surface area (Å²) in [6.07, 6.45) is 1.65. The number of methoxy groups -OCH3 is 1. The van der Waals surface area contributed by atoms with Gasteiger partial charge in [0.15, 0.2) is 0 Å². The molecule has 0 atom stereocenters. The third-order valence-corrected chi connectivity index (χ3v) is 4.74. The standard InChI is InChI=1S/C21H16N2O2/c1-25-18-9-5-4-8-15(18)19-16-11-10-13-6-2-3-7-14(13)20(16)23-21(24)17(19)12-22/h2-9H,10-11H2,1H3,(H,23,24). The number of para-hydroxylation sites is 1. The molecule has 0 aliphatic heterocycles. The van der Waals surface area contributed by atoms with Crippen molar-refractivity contribution in [3.05, 3.63) is 75.6 Å². The Balaban J connectivity index is 2.11. The molecule has 0 bridgehead atoms. The summed E-state index contributed by atoms with van der Waals surface area (Å²) < 4.78 is 5.48. The topological polar surface area (TPSA) is 65.9 Å². The minimum Gasteiger partial charge on any atom is -0.496 e. The molecule has 0 saturated heterocycles. The number of aryl methyl sites for hydroxylation is 1. The number of aromatic amines is 1. The summed E-state index contributed by atoms with van der Waals surface area (Å²) in [5, 5.41) is 9.61. The number of benzene rings is 2. The highest BCUT2D eigenvalue weighted by atomic mass is 16.5. The number of hydrogen-bond donors (Lipinski definition) is 1. The molecule has 3 aromatic rings. The molecule has 4 nitrogen and oxygen atoms in total. The molecule has 0 saturated carbocycles. The van der Waals surface area contributed by atoms with Crippen LogP contribution in [0.5, 0.6) is 5.75 Å². The van der Waals surface area contributed by atoms with Crippen molar-refractivity contribution in [1.82, 2.24) is 4.98 Å². The van der Waals surface area contributed by atoms with E-state index < -0.39 is 0 Å². The highest BCUT2D eigenvalue weighted by molar-refractivity contribution is 5.85. The number of H-pyrrole nitrogens is 1. The zero-order valence-electron chi connectivity index (χ0n) is 13.8. The number of pyridine rings is 1. The van der Waals surface area contributed by atoms with Gasteiger partial charge in [-0.15, -0.1) is 0 Å². The third-order valence-electron chi connectivity index (χ3n) is 4.74. The van der Waals surface area contributed by atoms with E-state index in [0.29, 0.717) is 11.3 Å². The summed E-state index contributed by atoms with van der Waals surface area (Å²) in [5.74, 6) is 0.658. The summed E-state index contributed by atoms with van der Waals surface area (Å²) in [7, 11) is 1.60. The molecular formula is C21H16N2O2. The lowest BCUT2D eigenvalue weighted by Crippen LogP contribution is -2.19. The number of nitrogens with zero attached hydrogens (tertiary/aromatic N) is 1. The van der Waals surface area contributed by atoms with Crippen LogP contribution in [0.1, 0.15) is 16.7 Å². The summed E-state index contributed by atoms with van der Waals surface area (Å²) in [4.78, 5) is 15.5. The van der Waals surface area contributed by atoms with Crippen LogP contribution in [0.15, 0.2) is 53.3 Å². The van der Waals surface area contributed by atoms with Crippen LogP contribution in [-0.2, 0) is 12.8 Å². The van der Waals surface area contributed by atoms with Crippen molar-refractivity contribution in [2.24, 2.45) is 0 Å². The van der Waals surface area contributed by atoms with Crippen LogP contribution >= 0.6 is 0 Å². The second kappa shape index (κ2) is 5.95. The first-order valence-corrected chi connectivity index (χ1v) is 8.15. The maximum Gasteiger partial charge on any atom is 0.266 e. The van der Waals surface area contributed by atoms with Gasteiger partial charge in [0.05, 0.1) is 12.8 Å². The maximum absolute atomic E-state index is 12.6. The average molecular weight is 328 g/mol. The molecule has 4 heteroatoms. The summed E-state index contributed by atoms with van der Waals surface area (Å²) in [6.45, 7) is 0. The van der Waals surface area contributed by atoms with Gasteiger partial charge in [-0.1, -0.05) is 42.5 Å². The zero-order chi connectivity index (χ0) is 17.4. The van der Waals surface area contributed by atoms with Crippen molar-refractivity contribution in [3.63, 3.8) is 0 Å². The van der Waals surface area contributed by atoms with E-state index in [-0.39, 0.29) is 11.1 Å². The Labute approximate surface area is 145 Å². The predicted octanol–water partition coefficient (Wildman–Crippen LogP) is 3.69. The molecule has 1 heterocycles. The fraction of sp³-hybridized carbons (Fsp3) is 0.143. The van der Waals surface area contributed by atoms with Crippen molar-refractivity contribution >= 4 is 0 Å². The Bertz CT molecular complexity index is 1070. The Hall–Kier alpha value is -3.32. The van der Waals surface area contributed by atoms with Crippen molar-refractivity contribution in [2.45, 2.75) is 12.8 Å². The van der Waals surface area contributed by atoms with Crippen LogP contribution in [0.4, 0.5) is 0 Å². The number of hydrogen-bond acceptors (Lipinski definition) is 3. The van der Waals surface area contributed by atoms with Crippen LogP contribution in [-0.4, -0.2) is 12.1 Å². The van der Waals surface area contributed by atoms with Crippen molar-refractivity contribution in [1.29, 1.82) is 5.26 Å². The van der Waals surface area contributed by atoms with Gasteiger partial charge >= 0.3 is 0 Å². The molecule has 0 spiro atoms. The molecule has 4 rings (SSSR count). The van der Waals surface area contributed by atoms with Gasteiger partial charge in [-0.25, -0.2) is 0 Å². The molecule has 25 heavy (non-hydrogen) atoms. The van der Waals surface area contributed by atoms with Crippen molar-refractivity contribution < 1.29 is 4.74 Å². The fourth-order valence-corrected chi connectivity index (χ4v) is 3.62. The first kappa shape index (κ1) is 15.2. The lowest BCUT2D eigenvalue weighted by molar-refractivity contribution is 0.416. The molecule has 1 N–H and O–H groups in total. The molecular weight excluding hydrogens is 312 g/mol. The van der Waals surface area contributed by atoms with E-state index in [1.807, 2.05) is 42.5 Å². The third kappa shape index (κ3) is 2.33. The number of nitrogens with one attached hydrogen (secondary N) is 1. The van der Waals surface area contributed by atoms with E-state index in [4.69, 9.17) is 4.74 Å². The van der Waals surface area contributed by atoms with Crippen LogP contribution in [0.25, 0.3) is 22.4 Å². The Morgan fingerprint density at radius 2 is 1.76 bits per heavy atom. The Morgan fingerprint density at radius 1 is 1.04 bits per heavy atom. The van der Waals surface area contributed by atoms with Gasteiger partial charge < -0.3 is 9.72 Å². The van der Waals surface area contributed by atoms with Gasteiger partial charge in [-0.3, -0.25) is 4.79 Å².